The van der Waals surface area contributed by atoms with E-state index in [1.54, 1.807) is 0 Å². The van der Waals surface area contributed by atoms with Crippen LogP contribution in [0.1, 0.15) is 37.8 Å². The second-order valence-electron chi connectivity index (χ2n) is 5.19. The van der Waals surface area contributed by atoms with Gasteiger partial charge in [-0.2, -0.15) is 0 Å². The topological polar surface area (TPSA) is 0 Å². The molecule has 0 radical (unpaired) electrons. The fourth-order valence-electron chi connectivity index (χ4n) is 2.07. The van der Waals surface area contributed by atoms with Crippen LogP contribution in [-0.4, -0.2) is 0 Å². The van der Waals surface area contributed by atoms with Crippen LogP contribution in [0, 0.1) is 5.92 Å². The van der Waals surface area contributed by atoms with Crippen LogP contribution in [0.5, 0.6) is 0 Å². The molecule has 96 valence electrons. The maximum absolute atomic E-state index is 4.12. The molecule has 0 aliphatic rings. The van der Waals surface area contributed by atoms with Crippen molar-refractivity contribution in [1.82, 2.24) is 0 Å². The van der Waals surface area contributed by atoms with E-state index in [2.05, 4.69) is 57.8 Å². The minimum Gasteiger partial charge on any atom is -0.100 e. The van der Waals surface area contributed by atoms with Crippen molar-refractivity contribution in [2.75, 3.05) is 0 Å². The molecule has 0 saturated carbocycles. The van der Waals surface area contributed by atoms with Crippen LogP contribution in [0.25, 0.3) is 6.08 Å². The first-order valence-corrected chi connectivity index (χ1v) is 6.54. The summed E-state index contributed by atoms with van der Waals surface area (Å²) in [5.74, 6) is 0.543. The lowest BCUT2D eigenvalue weighted by Gasteiger charge is -2.17. The van der Waals surface area contributed by atoms with Crippen molar-refractivity contribution in [3.05, 3.63) is 66.3 Å². The Morgan fingerprint density at radius 2 is 2.00 bits per heavy atom. The number of rotatable bonds is 7. The van der Waals surface area contributed by atoms with Crippen LogP contribution in [0.15, 0.2) is 55.1 Å². The number of allylic oxidation sites excluding steroid dienone is 2. The summed E-state index contributed by atoms with van der Waals surface area (Å²) in [6.07, 6.45) is 5.18. The van der Waals surface area contributed by atoms with E-state index < -0.39 is 0 Å². The van der Waals surface area contributed by atoms with Crippen molar-refractivity contribution in [2.24, 2.45) is 5.92 Å². The van der Waals surface area contributed by atoms with Gasteiger partial charge in [0.1, 0.15) is 0 Å². The van der Waals surface area contributed by atoms with Gasteiger partial charge in [-0.05, 0) is 50.2 Å². The lowest BCUT2D eigenvalue weighted by molar-refractivity contribution is 0.557. The van der Waals surface area contributed by atoms with Crippen molar-refractivity contribution in [1.29, 1.82) is 0 Å². The fraction of sp³-hybridized carbons (Fsp3) is 0.333. The molecule has 0 aliphatic heterocycles. The zero-order valence-corrected chi connectivity index (χ0v) is 11.7. The lowest BCUT2D eigenvalue weighted by atomic mass is 9.88. The molecule has 1 atom stereocenters. The molecule has 0 nitrogen and oxygen atoms in total. The Bertz CT molecular complexity index is 437. The van der Waals surface area contributed by atoms with E-state index in [0.29, 0.717) is 5.92 Å². The van der Waals surface area contributed by atoms with Crippen molar-refractivity contribution < 1.29 is 0 Å². The van der Waals surface area contributed by atoms with Gasteiger partial charge in [0, 0.05) is 0 Å². The van der Waals surface area contributed by atoms with Gasteiger partial charge in [-0.1, -0.05) is 54.6 Å². The van der Waals surface area contributed by atoms with E-state index in [-0.39, 0.29) is 0 Å². The van der Waals surface area contributed by atoms with Gasteiger partial charge in [0.15, 0.2) is 0 Å². The predicted octanol–water partition coefficient (Wildman–Crippen LogP) is 5.42. The SMILES string of the molecule is C=Cc1cccc(CC(CCC(=C)C)C(=C)C)c1. The fourth-order valence-corrected chi connectivity index (χ4v) is 2.07. The average Bonchev–Trinajstić information content (AvgIpc) is 2.34. The van der Waals surface area contributed by atoms with E-state index in [1.807, 2.05) is 6.08 Å². The molecular formula is C18H24. The third-order valence-corrected chi connectivity index (χ3v) is 3.29. The summed E-state index contributed by atoms with van der Waals surface area (Å²) in [7, 11) is 0. The van der Waals surface area contributed by atoms with E-state index in [4.69, 9.17) is 0 Å². The third kappa shape index (κ3) is 4.75. The lowest BCUT2D eigenvalue weighted by Crippen LogP contribution is -2.06. The molecule has 0 bridgehead atoms. The second kappa shape index (κ2) is 7.00. The number of hydrogen-bond donors (Lipinski definition) is 0. The highest BCUT2D eigenvalue weighted by atomic mass is 14.2. The minimum absolute atomic E-state index is 0.543. The Hall–Kier alpha value is -1.56. The number of hydrogen-bond acceptors (Lipinski definition) is 0. The Labute approximate surface area is 112 Å². The Morgan fingerprint density at radius 3 is 2.56 bits per heavy atom. The molecule has 18 heavy (non-hydrogen) atoms. The van der Waals surface area contributed by atoms with Crippen LogP contribution in [0.2, 0.25) is 0 Å². The summed E-state index contributed by atoms with van der Waals surface area (Å²) in [6, 6.07) is 8.58. The molecule has 0 aliphatic carbocycles. The summed E-state index contributed by atoms with van der Waals surface area (Å²) in [4.78, 5) is 0. The van der Waals surface area contributed by atoms with Gasteiger partial charge in [-0.15, -0.1) is 6.58 Å². The van der Waals surface area contributed by atoms with Crippen molar-refractivity contribution in [3.63, 3.8) is 0 Å². The van der Waals surface area contributed by atoms with E-state index >= 15 is 0 Å². The molecule has 0 amide bonds. The highest BCUT2D eigenvalue weighted by Crippen LogP contribution is 2.23. The third-order valence-electron chi connectivity index (χ3n) is 3.29. The predicted molar refractivity (Wildman–Crippen MR) is 82.6 cm³/mol. The van der Waals surface area contributed by atoms with Crippen molar-refractivity contribution in [3.8, 4) is 0 Å². The maximum Gasteiger partial charge on any atom is -0.0165 e. The Kier molecular flexibility index (Phi) is 5.64. The van der Waals surface area contributed by atoms with Crippen LogP contribution < -0.4 is 0 Å². The summed E-state index contributed by atoms with van der Waals surface area (Å²) in [5.41, 5.74) is 5.07. The minimum atomic E-state index is 0.543. The molecule has 0 saturated heterocycles. The quantitative estimate of drug-likeness (QED) is 0.558. The smallest absolute Gasteiger partial charge is 0.0165 e. The van der Waals surface area contributed by atoms with Crippen molar-refractivity contribution in [2.45, 2.75) is 33.1 Å². The van der Waals surface area contributed by atoms with Crippen LogP contribution in [0.4, 0.5) is 0 Å². The molecule has 1 aromatic carbocycles. The molecule has 0 spiro atoms. The molecule has 0 N–H and O–H groups in total. The summed E-state index contributed by atoms with van der Waals surface area (Å²) < 4.78 is 0. The van der Waals surface area contributed by atoms with Crippen LogP contribution in [-0.2, 0) is 6.42 Å². The first-order chi connectivity index (χ1) is 8.52. The van der Waals surface area contributed by atoms with Gasteiger partial charge in [0.05, 0.1) is 0 Å². The van der Waals surface area contributed by atoms with Gasteiger partial charge >= 0.3 is 0 Å². The number of benzene rings is 1. The van der Waals surface area contributed by atoms with E-state index in [0.717, 1.165) is 19.3 Å². The zero-order valence-electron chi connectivity index (χ0n) is 11.7. The van der Waals surface area contributed by atoms with Gasteiger partial charge in [0.25, 0.3) is 0 Å². The summed E-state index contributed by atoms with van der Waals surface area (Å²) >= 11 is 0. The average molecular weight is 240 g/mol. The maximum atomic E-state index is 4.12. The zero-order chi connectivity index (χ0) is 13.5. The molecule has 1 aromatic rings. The summed E-state index contributed by atoms with van der Waals surface area (Å²) in [5, 5.41) is 0. The molecule has 0 heteroatoms. The molecule has 0 heterocycles. The van der Waals surface area contributed by atoms with Gasteiger partial charge in [-0.25, -0.2) is 0 Å². The second-order valence-corrected chi connectivity index (χ2v) is 5.19. The van der Waals surface area contributed by atoms with Gasteiger partial charge in [-0.3, -0.25) is 0 Å². The first-order valence-electron chi connectivity index (χ1n) is 6.54. The van der Waals surface area contributed by atoms with Crippen LogP contribution >= 0.6 is 0 Å². The molecule has 1 unspecified atom stereocenters. The Morgan fingerprint density at radius 1 is 1.28 bits per heavy atom. The van der Waals surface area contributed by atoms with Crippen molar-refractivity contribution >= 4 is 6.08 Å². The molecular weight excluding hydrogens is 216 g/mol. The highest BCUT2D eigenvalue weighted by molar-refractivity contribution is 5.48. The highest BCUT2D eigenvalue weighted by Gasteiger charge is 2.10. The monoisotopic (exact) mass is 240 g/mol. The van der Waals surface area contributed by atoms with Gasteiger partial charge in [0.2, 0.25) is 0 Å². The van der Waals surface area contributed by atoms with E-state index in [9.17, 15) is 0 Å². The molecule has 0 fully saturated rings. The Balaban J connectivity index is 2.73. The van der Waals surface area contributed by atoms with E-state index in [1.165, 1.54) is 22.3 Å². The molecule has 0 aromatic heterocycles. The molecule has 1 rings (SSSR count). The van der Waals surface area contributed by atoms with Crippen LogP contribution in [0.3, 0.4) is 0 Å². The summed E-state index contributed by atoms with van der Waals surface area (Å²) in [6.45, 7) is 16.1. The normalized spacial score (nSPS) is 11.9. The van der Waals surface area contributed by atoms with Gasteiger partial charge < -0.3 is 0 Å². The standard InChI is InChI=1S/C18H24/c1-6-16-8-7-9-17(12-16)13-18(15(4)5)11-10-14(2)3/h6-9,12,18H,1-2,4,10-11,13H2,3,5H3. The first kappa shape index (κ1) is 14.5. The largest absolute Gasteiger partial charge is 0.100 e.